The van der Waals surface area contributed by atoms with E-state index in [9.17, 15) is 14.7 Å². The third-order valence-electron chi connectivity index (χ3n) is 3.71. The maximum Gasteiger partial charge on any atom is 0.311 e. The molecular weight excluding hydrogens is 266 g/mol. The first-order valence-electron chi connectivity index (χ1n) is 6.16. The van der Waals surface area contributed by atoms with Crippen molar-refractivity contribution in [1.82, 2.24) is 10.3 Å². The van der Waals surface area contributed by atoms with Crippen LogP contribution < -0.4 is 11.1 Å². The molecule has 0 radical (unpaired) electrons. The number of aliphatic carboxylic acids is 1. The second-order valence-electron chi connectivity index (χ2n) is 4.97. The maximum absolute atomic E-state index is 12.0. The molecular formula is C12H17N3O3S. The molecule has 1 aliphatic carbocycles. The Bertz CT molecular complexity index is 502. The van der Waals surface area contributed by atoms with E-state index < -0.39 is 11.4 Å². The number of amides is 1. The Kier molecular flexibility index (Phi) is 3.86. The van der Waals surface area contributed by atoms with Gasteiger partial charge >= 0.3 is 5.97 Å². The highest BCUT2D eigenvalue weighted by molar-refractivity contribution is 7.09. The molecule has 0 aromatic carbocycles. The quantitative estimate of drug-likeness (QED) is 0.763. The summed E-state index contributed by atoms with van der Waals surface area (Å²) in [5, 5.41) is 14.4. The van der Waals surface area contributed by atoms with Gasteiger partial charge in [0.05, 0.1) is 5.41 Å². The molecule has 1 saturated carbocycles. The smallest absolute Gasteiger partial charge is 0.311 e. The molecule has 2 rings (SSSR count). The number of carbonyl (C=O) groups excluding carboxylic acids is 1. The third kappa shape index (κ3) is 2.62. The van der Waals surface area contributed by atoms with Gasteiger partial charge in [-0.3, -0.25) is 9.59 Å². The van der Waals surface area contributed by atoms with Crippen molar-refractivity contribution in [2.75, 3.05) is 0 Å². The van der Waals surface area contributed by atoms with Crippen molar-refractivity contribution in [2.45, 2.75) is 38.8 Å². The molecule has 1 aromatic heterocycles. The molecule has 0 aliphatic heterocycles. The standard InChI is InChI=1S/C12H17N3O3S/c1-12(11(17)18)4-2-3-8(12)15-10(16)7-6-19-9(5-13)14-7/h6,8H,2-5,13H2,1H3,(H,15,16)(H,17,18). The van der Waals surface area contributed by atoms with Crippen molar-refractivity contribution >= 4 is 23.2 Å². The average Bonchev–Trinajstić information content (AvgIpc) is 2.97. The van der Waals surface area contributed by atoms with Crippen LogP contribution in [0.5, 0.6) is 0 Å². The number of thiazole rings is 1. The molecule has 6 nitrogen and oxygen atoms in total. The zero-order chi connectivity index (χ0) is 14.0. The minimum absolute atomic E-state index is 0.300. The molecule has 4 N–H and O–H groups in total. The monoisotopic (exact) mass is 283 g/mol. The fourth-order valence-corrected chi connectivity index (χ4v) is 3.05. The van der Waals surface area contributed by atoms with Crippen LogP contribution >= 0.6 is 11.3 Å². The van der Waals surface area contributed by atoms with Crippen LogP contribution in [-0.2, 0) is 11.3 Å². The van der Waals surface area contributed by atoms with E-state index in [-0.39, 0.29) is 11.9 Å². The lowest BCUT2D eigenvalue weighted by atomic mass is 9.85. The van der Waals surface area contributed by atoms with E-state index in [2.05, 4.69) is 10.3 Å². The number of rotatable bonds is 4. The third-order valence-corrected chi connectivity index (χ3v) is 4.58. The second-order valence-corrected chi connectivity index (χ2v) is 5.91. The Balaban J connectivity index is 2.08. The number of nitrogens with one attached hydrogen (secondary N) is 1. The van der Waals surface area contributed by atoms with Gasteiger partial charge in [-0.05, 0) is 19.8 Å². The predicted molar refractivity (Wildman–Crippen MR) is 70.9 cm³/mol. The van der Waals surface area contributed by atoms with Gasteiger partial charge in [-0.1, -0.05) is 6.42 Å². The number of hydrogen-bond donors (Lipinski definition) is 3. The van der Waals surface area contributed by atoms with E-state index in [0.29, 0.717) is 30.1 Å². The molecule has 1 aliphatic rings. The summed E-state index contributed by atoms with van der Waals surface area (Å²) in [5.41, 5.74) is 4.87. The van der Waals surface area contributed by atoms with Crippen molar-refractivity contribution in [1.29, 1.82) is 0 Å². The van der Waals surface area contributed by atoms with Crippen LogP contribution in [0.25, 0.3) is 0 Å². The second kappa shape index (κ2) is 5.26. The molecule has 7 heteroatoms. The first-order valence-corrected chi connectivity index (χ1v) is 7.04. The lowest BCUT2D eigenvalue weighted by molar-refractivity contribution is -0.148. The molecule has 0 bridgehead atoms. The van der Waals surface area contributed by atoms with E-state index >= 15 is 0 Å². The highest BCUT2D eigenvalue weighted by Gasteiger charge is 2.46. The predicted octanol–water partition coefficient (Wildman–Crippen LogP) is 0.975. The fourth-order valence-electron chi connectivity index (χ4n) is 2.39. The number of nitrogens with two attached hydrogens (primary N) is 1. The van der Waals surface area contributed by atoms with Crippen molar-refractivity contribution in [3.05, 3.63) is 16.1 Å². The van der Waals surface area contributed by atoms with Gasteiger partial charge < -0.3 is 16.2 Å². The molecule has 0 saturated heterocycles. The van der Waals surface area contributed by atoms with E-state index in [4.69, 9.17) is 5.73 Å². The SMILES string of the molecule is CC1(C(=O)O)CCCC1NC(=O)c1csc(CN)n1. The maximum atomic E-state index is 12.0. The van der Waals surface area contributed by atoms with Crippen LogP contribution in [0.3, 0.4) is 0 Å². The molecule has 104 valence electrons. The van der Waals surface area contributed by atoms with Crippen LogP contribution in [0.1, 0.15) is 41.7 Å². The number of carbonyl (C=O) groups is 2. The first kappa shape index (κ1) is 14.0. The Morgan fingerprint density at radius 1 is 1.68 bits per heavy atom. The molecule has 1 aromatic rings. The van der Waals surface area contributed by atoms with Gasteiger partial charge in [-0.25, -0.2) is 4.98 Å². The molecule has 1 amide bonds. The van der Waals surface area contributed by atoms with Gasteiger partial charge in [0, 0.05) is 18.0 Å². The Morgan fingerprint density at radius 3 is 3.00 bits per heavy atom. The van der Waals surface area contributed by atoms with Crippen LogP contribution in [0.15, 0.2) is 5.38 Å². The summed E-state index contributed by atoms with van der Waals surface area (Å²) in [7, 11) is 0. The highest BCUT2D eigenvalue weighted by atomic mass is 32.1. The van der Waals surface area contributed by atoms with Crippen molar-refractivity contribution in [2.24, 2.45) is 11.1 Å². The van der Waals surface area contributed by atoms with Gasteiger partial charge in [-0.2, -0.15) is 0 Å². The summed E-state index contributed by atoms with van der Waals surface area (Å²) in [6.07, 6.45) is 2.07. The van der Waals surface area contributed by atoms with Crippen LogP contribution in [-0.4, -0.2) is 28.0 Å². The summed E-state index contributed by atoms with van der Waals surface area (Å²) in [5.74, 6) is -1.19. The Labute approximate surface area is 115 Å². The zero-order valence-electron chi connectivity index (χ0n) is 10.7. The summed E-state index contributed by atoms with van der Waals surface area (Å²) in [4.78, 5) is 27.5. The number of nitrogens with zero attached hydrogens (tertiary/aromatic N) is 1. The van der Waals surface area contributed by atoms with E-state index in [1.807, 2.05) is 0 Å². The van der Waals surface area contributed by atoms with E-state index in [1.165, 1.54) is 11.3 Å². The molecule has 2 atom stereocenters. The molecule has 2 unspecified atom stereocenters. The molecule has 0 spiro atoms. The fraction of sp³-hybridized carbons (Fsp3) is 0.583. The average molecular weight is 283 g/mol. The molecule has 1 heterocycles. The van der Waals surface area contributed by atoms with E-state index in [0.717, 1.165) is 6.42 Å². The number of carboxylic acid groups (broad SMARTS) is 1. The van der Waals surface area contributed by atoms with Crippen LogP contribution in [0.4, 0.5) is 0 Å². The lowest BCUT2D eigenvalue weighted by Crippen LogP contribution is -2.47. The van der Waals surface area contributed by atoms with Gasteiger partial charge in [0.15, 0.2) is 0 Å². The first-order chi connectivity index (χ1) is 8.97. The zero-order valence-corrected chi connectivity index (χ0v) is 11.5. The van der Waals surface area contributed by atoms with Gasteiger partial charge in [-0.15, -0.1) is 11.3 Å². The number of carboxylic acids is 1. The van der Waals surface area contributed by atoms with Crippen LogP contribution in [0, 0.1) is 5.41 Å². The normalized spacial score (nSPS) is 26.3. The van der Waals surface area contributed by atoms with Gasteiger partial charge in [0.1, 0.15) is 10.7 Å². The van der Waals surface area contributed by atoms with E-state index in [1.54, 1.807) is 12.3 Å². The summed E-state index contributed by atoms with van der Waals surface area (Å²) in [6, 6.07) is -0.347. The number of hydrogen-bond acceptors (Lipinski definition) is 5. The Hall–Kier alpha value is -1.47. The Morgan fingerprint density at radius 2 is 2.42 bits per heavy atom. The topological polar surface area (TPSA) is 105 Å². The number of aromatic nitrogens is 1. The summed E-state index contributed by atoms with van der Waals surface area (Å²) in [6.45, 7) is 1.98. The van der Waals surface area contributed by atoms with Crippen molar-refractivity contribution in [3.63, 3.8) is 0 Å². The largest absolute Gasteiger partial charge is 0.481 e. The summed E-state index contributed by atoms with van der Waals surface area (Å²) < 4.78 is 0. The molecule has 19 heavy (non-hydrogen) atoms. The minimum Gasteiger partial charge on any atom is -0.481 e. The summed E-state index contributed by atoms with van der Waals surface area (Å²) >= 11 is 1.33. The van der Waals surface area contributed by atoms with Gasteiger partial charge in [0.25, 0.3) is 5.91 Å². The van der Waals surface area contributed by atoms with Crippen molar-refractivity contribution < 1.29 is 14.7 Å². The van der Waals surface area contributed by atoms with Crippen molar-refractivity contribution in [3.8, 4) is 0 Å². The minimum atomic E-state index is -0.887. The molecule has 1 fully saturated rings. The van der Waals surface area contributed by atoms with Crippen LogP contribution in [0.2, 0.25) is 0 Å². The highest BCUT2D eigenvalue weighted by Crippen LogP contribution is 2.38. The lowest BCUT2D eigenvalue weighted by Gasteiger charge is -2.27. The van der Waals surface area contributed by atoms with Gasteiger partial charge in [0.2, 0.25) is 0 Å².